The summed E-state index contributed by atoms with van der Waals surface area (Å²) in [6.45, 7) is 11.2. The summed E-state index contributed by atoms with van der Waals surface area (Å²) in [6, 6.07) is 8.77. The average Bonchev–Trinajstić information content (AvgIpc) is 3.62. The zero-order valence-electron chi connectivity index (χ0n) is 20.3. The van der Waals surface area contributed by atoms with Crippen LogP contribution in [0.15, 0.2) is 54.1 Å². The van der Waals surface area contributed by atoms with Crippen molar-refractivity contribution < 1.29 is 38.1 Å². The van der Waals surface area contributed by atoms with Gasteiger partial charge in [-0.05, 0) is 51.5 Å². The van der Waals surface area contributed by atoms with Crippen LogP contribution in [0.2, 0.25) is 0 Å². The van der Waals surface area contributed by atoms with Gasteiger partial charge in [0.1, 0.15) is 18.3 Å². The molecule has 0 bridgehead atoms. The average molecular weight is 483 g/mol. The standard InChI is InChI=1S/C27H30O8/c1-14-11-19-22(15(2)23(28)32-19)20(33-25(30)27(5)16(3)34-27)13-26(4)21(35-26)12-18(14)31-24(29)17-9-7-6-8-10-17/h6-11,16,18-22H,2,12-13H2,1,3-5H3. The van der Waals surface area contributed by atoms with Crippen molar-refractivity contribution in [3.8, 4) is 0 Å². The van der Waals surface area contributed by atoms with Crippen molar-refractivity contribution in [3.63, 3.8) is 0 Å². The molecule has 8 heteroatoms. The number of rotatable bonds is 4. The first-order valence-electron chi connectivity index (χ1n) is 11.9. The summed E-state index contributed by atoms with van der Waals surface area (Å²) in [7, 11) is 0. The minimum absolute atomic E-state index is 0.213. The van der Waals surface area contributed by atoms with Gasteiger partial charge in [-0.3, -0.25) is 0 Å². The fourth-order valence-corrected chi connectivity index (χ4v) is 5.05. The number of epoxide rings is 2. The maximum Gasteiger partial charge on any atom is 0.341 e. The maximum absolute atomic E-state index is 12.9. The Morgan fingerprint density at radius 2 is 1.80 bits per heavy atom. The molecule has 0 amide bonds. The molecule has 5 rings (SSSR count). The van der Waals surface area contributed by atoms with E-state index in [1.165, 1.54) is 0 Å². The van der Waals surface area contributed by atoms with Gasteiger partial charge in [-0.2, -0.15) is 0 Å². The SMILES string of the molecule is C=C1C(=O)OC2C=C(C)C(OC(=O)c3ccccc3)CC3OC3(C)CC(OC(=O)C3(C)OC3C)C12. The summed E-state index contributed by atoms with van der Waals surface area (Å²) in [5, 5.41) is 0. The van der Waals surface area contributed by atoms with Crippen molar-refractivity contribution in [1.82, 2.24) is 0 Å². The molecule has 3 aliphatic heterocycles. The molecule has 3 heterocycles. The smallest absolute Gasteiger partial charge is 0.341 e. The highest BCUT2D eigenvalue weighted by Gasteiger charge is 2.61. The van der Waals surface area contributed by atoms with Crippen LogP contribution in [0, 0.1) is 5.92 Å². The molecule has 186 valence electrons. The Hall–Kier alpha value is -2.97. The molecule has 8 nitrogen and oxygen atoms in total. The fourth-order valence-electron chi connectivity index (χ4n) is 5.05. The summed E-state index contributed by atoms with van der Waals surface area (Å²) in [6.07, 6.45) is 0.124. The van der Waals surface area contributed by atoms with Gasteiger partial charge in [-0.15, -0.1) is 0 Å². The van der Waals surface area contributed by atoms with E-state index in [-0.39, 0.29) is 17.8 Å². The normalized spacial score (nSPS) is 39.9. The zero-order valence-corrected chi connectivity index (χ0v) is 20.3. The third-order valence-electron chi connectivity index (χ3n) is 7.73. The monoisotopic (exact) mass is 482 g/mol. The topological polar surface area (TPSA) is 104 Å². The van der Waals surface area contributed by atoms with Gasteiger partial charge in [-0.1, -0.05) is 24.8 Å². The molecule has 3 fully saturated rings. The highest BCUT2D eigenvalue weighted by molar-refractivity contribution is 5.91. The number of fused-ring (bicyclic) bond motifs is 2. The van der Waals surface area contributed by atoms with Crippen LogP contribution < -0.4 is 0 Å². The molecule has 35 heavy (non-hydrogen) atoms. The number of hydrogen-bond acceptors (Lipinski definition) is 8. The van der Waals surface area contributed by atoms with Crippen LogP contribution in [-0.4, -0.2) is 59.6 Å². The molecule has 1 aromatic rings. The van der Waals surface area contributed by atoms with E-state index >= 15 is 0 Å². The molecule has 0 saturated carbocycles. The number of esters is 3. The number of benzene rings is 1. The lowest BCUT2D eigenvalue weighted by molar-refractivity contribution is -0.159. The first kappa shape index (κ1) is 23.8. The summed E-state index contributed by atoms with van der Waals surface area (Å²) in [4.78, 5) is 38.2. The Morgan fingerprint density at radius 1 is 1.11 bits per heavy atom. The highest BCUT2D eigenvalue weighted by Crippen LogP contribution is 2.49. The molecular weight excluding hydrogens is 452 g/mol. The summed E-state index contributed by atoms with van der Waals surface area (Å²) in [5.41, 5.74) is -0.197. The van der Waals surface area contributed by atoms with Gasteiger partial charge >= 0.3 is 17.9 Å². The van der Waals surface area contributed by atoms with Crippen molar-refractivity contribution >= 4 is 17.9 Å². The number of carbonyl (C=O) groups is 3. The van der Waals surface area contributed by atoms with Crippen LogP contribution in [0.5, 0.6) is 0 Å². The molecule has 3 saturated heterocycles. The second-order valence-corrected chi connectivity index (χ2v) is 10.3. The predicted octanol–water partition coefficient (Wildman–Crippen LogP) is 3.30. The lowest BCUT2D eigenvalue weighted by atomic mass is 9.82. The van der Waals surface area contributed by atoms with Gasteiger partial charge in [0, 0.05) is 18.4 Å². The van der Waals surface area contributed by atoms with Crippen molar-refractivity contribution in [2.75, 3.05) is 0 Å². The van der Waals surface area contributed by atoms with Gasteiger partial charge in [0.05, 0.1) is 29.3 Å². The van der Waals surface area contributed by atoms with Crippen LogP contribution in [-0.2, 0) is 33.3 Å². The van der Waals surface area contributed by atoms with E-state index in [4.69, 9.17) is 23.7 Å². The molecule has 8 unspecified atom stereocenters. The molecule has 0 N–H and O–H groups in total. The molecule has 4 aliphatic rings. The molecule has 8 atom stereocenters. The van der Waals surface area contributed by atoms with Crippen LogP contribution in [0.1, 0.15) is 50.9 Å². The lowest BCUT2D eigenvalue weighted by Gasteiger charge is -2.30. The predicted molar refractivity (Wildman–Crippen MR) is 123 cm³/mol. The Labute approximate surface area is 204 Å². The van der Waals surface area contributed by atoms with Gasteiger partial charge in [0.25, 0.3) is 0 Å². The first-order valence-corrected chi connectivity index (χ1v) is 11.9. The minimum atomic E-state index is -0.997. The number of hydrogen-bond donors (Lipinski definition) is 0. The number of ether oxygens (including phenoxy) is 5. The largest absolute Gasteiger partial charge is 0.459 e. The third-order valence-corrected chi connectivity index (χ3v) is 7.73. The fraction of sp³-hybridized carbons (Fsp3) is 0.519. The molecule has 0 radical (unpaired) electrons. The summed E-state index contributed by atoms with van der Waals surface area (Å²) < 4.78 is 28.9. The molecule has 1 aromatic carbocycles. The van der Waals surface area contributed by atoms with Crippen LogP contribution in [0.4, 0.5) is 0 Å². The van der Waals surface area contributed by atoms with E-state index in [1.54, 1.807) is 37.3 Å². The Balaban J connectivity index is 1.44. The summed E-state index contributed by atoms with van der Waals surface area (Å²) >= 11 is 0. The van der Waals surface area contributed by atoms with E-state index < -0.39 is 53.3 Å². The second-order valence-electron chi connectivity index (χ2n) is 10.3. The van der Waals surface area contributed by atoms with E-state index in [9.17, 15) is 14.4 Å². The van der Waals surface area contributed by atoms with Gasteiger partial charge in [0.15, 0.2) is 5.60 Å². The summed E-state index contributed by atoms with van der Waals surface area (Å²) in [5.74, 6) is -2.05. The van der Waals surface area contributed by atoms with Gasteiger partial charge in [-0.25, -0.2) is 14.4 Å². The van der Waals surface area contributed by atoms with E-state index in [0.717, 1.165) is 5.57 Å². The number of carbonyl (C=O) groups excluding carboxylic acids is 3. The highest BCUT2D eigenvalue weighted by atomic mass is 16.7. The maximum atomic E-state index is 12.9. The quantitative estimate of drug-likeness (QED) is 0.212. The lowest BCUT2D eigenvalue weighted by Crippen LogP contribution is -2.40. The molecular formula is C27H30O8. The van der Waals surface area contributed by atoms with E-state index in [2.05, 4.69) is 6.58 Å². The Bertz CT molecular complexity index is 1110. The van der Waals surface area contributed by atoms with Gasteiger partial charge in [0.2, 0.25) is 0 Å². The second kappa shape index (κ2) is 8.31. The van der Waals surface area contributed by atoms with E-state index in [0.29, 0.717) is 18.4 Å². The molecule has 1 aliphatic carbocycles. The van der Waals surface area contributed by atoms with E-state index in [1.807, 2.05) is 26.8 Å². The zero-order chi connectivity index (χ0) is 25.1. The first-order chi connectivity index (χ1) is 16.5. The van der Waals surface area contributed by atoms with Crippen molar-refractivity contribution in [3.05, 3.63) is 59.7 Å². The minimum Gasteiger partial charge on any atom is -0.459 e. The van der Waals surface area contributed by atoms with Crippen LogP contribution in [0.25, 0.3) is 0 Å². The third kappa shape index (κ3) is 4.29. The Morgan fingerprint density at radius 3 is 2.46 bits per heavy atom. The molecule has 0 aromatic heterocycles. The van der Waals surface area contributed by atoms with Crippen molar-refractivity contribution in [2.24, 2.45) is 5.92 Å². The Kier molecular flexibility index (Phi) is 5.64. The van der Waals surface area contributed by atoms with Crippen LogP contribution >= 0.6 is 0 Å². The van der Waals surface area contributed by atoms with Crippen molar-refractivity contribution in [1.29, 1.82) is 0 Å². The van der Waals surface area contributed by atoms with Crippen molar-refractivity contribution in [2.45, 2.75) is 82.3 Å². The van der Waals surface area contributed by atoms with Gasteiger partial charge < -0.3 is 23.7 Å². The van der Waals surface area contributed by atoms with Crippen LogP contribution in [0.3, 0.4) is 0 Å². The molecule has 0 spiro atoms.